The molecule has 0 aromatic heterocycles. The highest BCUT2D eigenvalue weighted by atomic mass is 16.5. The van der Waals surface area contributed by atoms with Crippen LogP contribution in [0.2, 0.25) is 0 Å². The number of hydrogen-bond donors (Lipinski definition) is 0. The summed E-state index contributed by atoms with van der Waals surface area (Å²) in [5, 5.41) is 0. The molecule has 0 atom stereocenters. The highest BCUT2D eigenvalue weighted by molar-refractivity contribution is 5.65. The minimum atomic E-state index is -0.246. The van der Waals surface area contributed by atoms with Crippen molar-refractivity contribution in [3.63, 3.8) is 0 Å². The van der Waals surface area contributed by atoms with E-state index >= 15 is 0 Å². The zero-order valence-corrected chi connectivity index (χ0v) is 8.23. The summed E-state index contributed by atoms with van der Waals surface area (Å²) in [7, 11) is 0. The summed E-state index contributed by atoms with van der Waals surface area (Å²) in [6.07, 6.45) is 0.717. The lowest BCUT2D eigenvalue weighted by Gasteiger charge is -2.05. The first kappa shape index (κ1) is 10.6. The van der Waals surface area contributed by atoms with Crippen molar-refractivity contribution in [1.82, 2.24) is 0 Å². The number of rotatable bonds is 5. The van der Waals surface area contributed by atoms with Crippen LogP contribution in [0.25, 0.3) is 0 Å². The number of benzene rings is 1. The van der Waals surface area contributed by atoms with Crippen LogP contribution in [0, 0.1) is 0 Å². The molecule has 0 spiro atoms. The molecule has 0 fully saturated rings. The zero-order valence-electron chi connectivity index (χ0n) is 8.23. The highest BCUT2D eigenvalue weighted by Gasteiger charge is 1.94. The second kappa shape index (κ2) is 6.02. The molecular weight excluding hydrogens is 180 g/mol. The molecule has 0 aliphatic heterocycles. The van der Waals surface area contributed by atoms with E-state index in [2.05, 4.69) is 0 Å². The molecule has 0 aliphatic rings. The molecule has 1 aromatic carbocycles. The second-order valence-electron chi connectivity index (χ2n) is 2.86. The number of ether oxygens (including phenoxy) is 2. The molecule has 0 amide bonds. The normalized spacial score (nSPS) is 9.50. The largest absolute Gasteiger partial charge is 0.493 e. The minimum Gasteiger partial charge on any atom is -0.493 e. The minimum absolute atomic E-state index is 0.246. The molecule has 3 heteroatoms. The Bertz CT molecular complexity index is 269. The number of esters is 1. The van der Waals surface area contributed by atoms with Gasteiger partial charge >= 0.3 is 5.97 Å². The molecule has 1 aromatic rings. The molecule has 0 unspecified atom stereocenters. The quantitative estimate of drug-likeness (QED) is 0.531. The number of carbonyl (C=O) groups excluding carboxylic acids is 1. The third kappa shape index (κ3) is 4.50. The van der Waals surface area contributed by atoms with Crippen LogP contribution < -0.4 is 4.74 Å². The van der Waals surface area contributed by atoms with E-state index in [0.29, 0.717) is 19.6 Å². The molecule has 0 heterocycles. The van der Waals surface area contributed by atoms with E-state index in [1.807, 2.05) is 30.3 Å². The van der Waals surface area contributed by atoms with Gasteiger partial charge in [-0.15, -0.1) is 0 Å². The molecule has 0 saturated heterocycles. The molecule has 0 N–H and O–H groups in total. The summed E-state index contributed by atoms with van der Waals surface area (Å²) in [5.74, 6) is 0.597. The van der Waals surface area contributed by atoms with E-state index in [1.54, 1.807) is 0 Å². The summed E-state index contributed by atoms with van der Waals surface area (Å²) < 4.78 is 10.2. The molecule has 0 bridgehead atoms. The zero-order chi connectivity index (χ0) is 10.2. The highest BCUT2D eigenvalue weighted by Crippen LogP contribution is 2.08. The van der Waals surface area contributed by atoms with Crippen molar-refractivity contribution in [2.24, 2.45) is 0 Å². The van der Waals surface area contributed by atoms with Gasteiger partial charge < -0.3 is 9.47 Å². The Morgan fingerprint density at radius 1 is 1.21 bits per heavy atom. The Labute approximate surface area is 83.6 Å². The predicted octanol–water partition coefficient (Wildman–Crippen LogP) is 2.02. The molecule has 0 radical (unpaired) electrons. The van der Waals surface area contributed by atoms with E-state index in [4.69, 9.17) is 9.47 Å². The average molecular weight is 194 g/mol. The van der Waals surface area contributed by atoms with Crippen LogP contribution in [0.3, 0.4) is 0 Å². The third-order valence-electron chi connectivity index (χ3n) is 1.61. The van der Waals surface area contributed by atoms with Gasteiger partial charge in [0.05, 0.1) is 13.2 Å². The molecule has 0 saturated carbocycles. The van der Waals surface area contributed by atoms with Crippen molar-refractivity contribution in [3.8, 4) is 5.75 Å². The van der Waals surface area contributed by atoms with Crippen LogP contribution in [0.4, 0.5) is 0 Å². The Kier molecular flexibility index (Phi) is 4.55. The van der Waals surface area contributed by atoms with Crippen molar-refractivity contribution in [2.45, 2.75) is 13.3 Å². The van der Waals surface area contributed by atoms with Crippen LogP contribution in [0.5, 0.6) is 5.75 Å². The first-order valence-electron chi connectivity index (χ1n) is 4.60. The Hall–Kier alpha value is -1.51. The Balaban J connectivity index is 2.08. The molecule has 1 rings (SSSR count). The SMILES string of the molecule is CC(=O)OCCCOc1ccccc1. The lowest BCUT2D eigenvalue weighted by molar-refractivity contribution is -0.141. The van der Waals surface area contributed by atoms with Gasteiger partial charge in [0, 0.05) is 13.3 Å². The Morgan fingerprint density at radius 3 is 2.57 bits per heavy atom. The van der Waals surface area contributed by atoms with Crippen molar-refractivity contribution in [2.75, 3.05) is 13.2 Å². The van der Waals surface area contributed by atoms with Gasteiger partial charge in [0.1, 0.15) is 5.75 Å². The monoisotopic (exact) mass is 194 g/mol. The summed E-state index contributed by atoms with van der Waals surface area (Å²) in [6, 6.07) is 9.56. The third-order valence-corrected chi connectivity index (χ3v) is 1.61. The number of carbonyl (C=O) groups is 1. The van der Waals surface area contributed by atoms with Gasteiger partial charge in [-0.25, -0.2) is 0 Å². The van der Waals surface area contributed by atoms with E-state index < -0.39 is 0 Å². The fourth-order valence-corrected chi connectivity index (χ4v) is 0.982. The summed E-state index contributed by atoms with van der Waals surface area (Å²) in [5.41, 5.74) is 0. The fraction of sp³-hybridized carbons (Fsp3) is 0.364. The van der Waals surface area contributed by atoms with E-state index in [0.717, 1.165) is 5.75 Å². The summed E-state index contributed by atoms with van der Waals surface area (Å²) in [4.78, 5) is 10.4. The topological polar surface area (TPSA) is 35.5 Å². The van der Waals surface area contributed by atoms with Crippen LogP contribution in [-0.2, 0) is 9.53 Å². The maximum Gasteiger partial charge on any atom is 0.302 e. The molecular formula is C11H14O3. The second-order valence-corrected chi connectivity index (χ2v) is 2.86. The van der Waals surface area contributed by atoms with Crippen molar-refractivity contribution in [3.05, 3.63) is 30.3 Å². The first-order chi connectivity index (χ1) is 6.79. The Morgan fingerprint density at radius 2 is 1.93 bits per heavy atom. The van der Waals surface area contributed by atoms with Crippen molar-refractivity contribution in [1.29, 1.82) is 0 Å². The maximum atomic E-state index is 10.4. The van der Waals surface area contributed by atoms with Gasteiger partial charge in [0.25, 0.3) is 0 Å². The summed E-state index contributed by atoms with van der Waals surface area (Å²) in [6.45, 7) is 2.39. The van der Waals surface area contributed by atoms with Crippen LogP contribution in [0.1, 0.15) is 13.3 Å². The fourth-order valence-electron chi connectivity index (χ4n) is 0.982. The molecule has 3 nitrogen and oxygen atoms in total. The van der Waals surface area contributed by atoms with Crippen LogP contribution >= 0.6 is 0 Å². The van der Waals surface area contributed by atoms with Crippen molar-refractivity contribution < 1.29 is 14.3 Å². The number of hydrogen-bond acceptors (Lipinski definition) is 3. The standard InChI is InChI=1S/C11H14O3/c1-10(12)13-8-5-9-14-11-6-3-2-4-7-11/h2-4,6-7H,5,8-9H2,1H3. The smallest absolute Gasteiger partial charge is 0.302 e. The lowest BCUT2D eigenvalue weighted by Crippen LogP contribution is -2.05. The average Bonchev–Trinajstić information content (AvgIpc) is 2.18. The first-order valence-corrected chi connectivity index (χ1v) is 4.60. The van der Waals surface area contributed by atoms with E-state index in [9.17, 15) is 4.79 Å². The van der Waals surface area contributed by atoms with E-state index in [-0.39, 0.29) is 5.97 Å². The number of para-hydroxylation sites is 1. The summed E-state index contributed by atoms with van der Waals surface area (Å²) >= 11 is 0. The van der Waals surface area contributed by atoms with Crippen LogP contribution in [-0.4, -0.2) is 19.2 Å². The van der Waals surface area contributed by atoms with Crippen LogP contribution in [0.15, 0.2) is 30.3 Å². The molecule has 76 valence electrons. The lowest BCUT2D eigenvalue weighted by atomic mass is 10.3. The maximum absolute atomic E-state index is 10.4. The molecule has 14 heavy (non-hydrogen) atoms. The van der Waals surface area contributed by atoms with Gasteiger partial charge in [-0.1, -0.05) is 18.2 Å². The van der Waals surface area contributed by atoms with Gasteiger partial charge in [0.15, 0.2) is 0 Å². The molecule has 0 aliphatic carbocycles. The van der Waals surface area contributed by atoms with Gasteiger partial charge in [-0.2, -0.15) is 0 Å². The van der Waals surface area contributed by atoms with Crippen molar-refractivity contribution >= 4 is 5.97 Å². The van der Waals surface area contributed by atoms with E-state index in [1.165, 1.54) is 6.92 Å². The van der Waals surface area contributed by atoms with Gasteiger partial charge in [-0.05, 0) is 12.1 Å². The predicted molar refractivity (Wildman–Crippen MR) is 53.2 cm³/mol. The van der Waals surface area contributed by atoms with Gasteiger partial charge in [0.2, 0.25) is 0 Å². The van der Waals surface area contributed by atoms with Gasteiger partial charge in [-0.3, -0.25) is 4.79 Å².